The van der Waals surface area contributed by atoms with Gasteiger partial charge in [0.05, 0.1) is 6.42 Å². The van der Waals surface area contributed by atoms with E-state index in [1.807, 2.05) is 35.2 Å². The molecule has 0 atom stereocenters. The highest BCUT2D eigenvalue weighted by Crippen LogP contribution is 2.37. The van der Waals surface area contributed by atoms with Gasteiger partial charge in [-0.05, 0) is 61.4 Å². The van der Waals surface area contributed by atoms with E-state index in [9.17, 15) is 4.79 Å². The number of hydrogen-bond donors (Lipinski definition) is 1. The van der Waals surface area contributed by atoms with E-state index in [-0.39, 0.29) is 5.91 Å². The SMILES string of the molecule is Cc1cccc(COc2cccc(CC(=O)N3CCC4(CCNC4)CC3)c2)c1. The molecule has 2 fully saturated rings. The molecule has 0 aliphatic carbocycles. The third-order valence-electron chi connectivity index (χ3n) is 6.25. The fourth-order valence-corrected chi connectivity index (χ4v) is 4.45. The Labute approximate surface area is 167 Å². The smallest absolute Gasteiger partial charge is 0.226 e. The van der Waals surface area contributed by atoms with Crippen molar-refractivity contribution >= 4 is 5.91 Å². The first kappa shape index (κ1) is 19.0. The van der Waals surface area contributed by atoms with Crippen LogP contribution in [0.4, 0.5) is 0 Å². The molecule has 28 heavy (non-hydrogen) atoms. The highest BCUT2D eigenvalue weighted by atomic mass is 16.5. The fourth-order valence-electron chi connectivity index (χ4n) is 4.45. The summed E-state index contributed by atoms with van der Waals surface area (Å²) in [5, 5.41) is 3.48. The first-order valence-electron chi connectivity index (χ1n) is 10.4. The largest absolute Gasteiger partial charge is 0.489 e. The van der Waals surface area contributed by atoms with Crippen molar-refractivity contribution in [2.45, 2.75) is 39.2 Å². The molecule has 2 aliphatic heterocycles. The second-order valence-electron chi connectivity index (χ2n) is 8.41. The summed E-state index contributed by atoms with van der Waals surface area (Å²) in [6.45, 7) is 6.66. The number of piperidine rings is 1. The molecule has 0 bridgehead atoms. The second-order valence-corrected chi connectivity index (χ2v) is 8.41. The van der Waals surface area contributed by atoms with Gasteiger partial charge in [-0.2, -0.15) is 0 Å². The molecule has 2 aromatic carbocycles. The summed E-state index contributed by atoms with van der Waals surface area (Å²) in [6, 6.07) is 16.3. The first-order chi connectivity index (χ1) is 13.6. The normalized spacial score (nSPS) is 18.4. The topological polar surface area (TPSA) is 41.6 Å². The summed E-state index contributed by atoms with van der Waals surface area (Å²) in [6.07, 6.45) is 3.97. The Bertz CT molecular complexity index is 817. The van der Waals surface area contributed by atoms with E-state index in [2.05, 4.69) is 30.4 Å². The van der Waals surface area contributed by atoms with Crippen molar-refractivity contribution in [2.24, 2.45) is 5.41 Å². The van der Waals surface area contributed by atoms with Crippen molar-refractivity contribution in [3.63, 3.8) is 0 Å². The van der Waals surface area contributed by atoms with Crippen molar-refractivity contribution in [1.29, 1.82) is 0 Å². The Morgan fingerprint density at radius 3 is 2.61 bits per heavy atom. The van der Waals surface area contributed by atoms with Crippen LogP contribution < -0.4 is 10.1 Å². The molecular formula is C24H30N2O2. The van der Waals surface area contributed by atoms with Crippen LogP contribution in [0.3, 0.4) is 0 Å². The highest BCUT2D eigenvalue weighted by molar-refractivity contribution is 5.79. The van der Waals surface area contributed by atoms with Crippen molar-refractivity contribution in [3.8, 4) is 5.75 Å². The number of aryl methyl sites for hydroxylation is 1. The van der Waals surface area contributed by atoms with Crippen LogP contribution in [0.25, 0.3) is 0 Å². The minimum absolute atomic E-state index is 0.233. The van der Waals surface area contributed by atoms with E-state index in [4.69, 9.17) is 4.74 Å². The van der Waals surface area contributed by atoms with Crippen molar-refractivity contribution in [3.05, 3.63) is 65.2 Å². The molecule has 4 heteroatoms. The summed E-state index contributed by atoms with van der Waals surface area (Å²) in [5.41, 5.74) is 3.86. The van der Waals surface area contributed by atoms with Gasteiger partial charge in [0.25, 0.3) is 0 Å². The summed E-state index contributed by atoms with van der Waals surface area (Å²) in [7, 11) is 0. The van der Waals surface area contributed by atoms with Crippen molar-refractivity contribution < 1.29 is 9.53 Å². The minimum atomic E-state index is 0.233. The number of nitrogens with zero attached hydrogens (tertiary/aromatic N) is 1. The number of nitrogens with one attached hydrogen (secondary N) is 1. The standard InChI is InChI=1S/C24H30N2O2/c1-19-4-2-6-21(14-19)17-28-22-7-3-5-20(15-22)16-23(27)26-12-9-24(10-13-26)8-11-25-18-24/h2-7,14-15,25H,8-13,16-18H2,1H3. The molecule has 4 nitrogen and oxygen atoms in total. The number of carbonyl (C=O) groups is 1. The van der Waals surface area contributed by atoms with Gasteiger partial charge in [-0.3, -0.25) is 4.79 Å². The molecular weight excluding hydrogens is 348 g/mol. The Morgan fingerprint density at radius 1 is 1.07 bits per heavy atom. The maximum Gasteiger partial charge on any atom is 0.226 e. The molecule has 0 radical (unpaired) electrons. The molecule has 1 amide bonds. The molecule has 1 N–H and O–H groups in total. The molecule has 2 heterocycles. The molecule has 2 aliphatic rings. The van der Waals surface area contributed by atoms with Gasteiger partial charge < -0.3 is 15.0 Å². The number of rotatable bonds is 5. The predicted octanol–water partition coefficient (Wildman–Crippen LogP) is 3.72. The van der Waals surface area contributed by atoms with Gasteiger partial charge in [-0.1, -0.05) is 42.0 Å². The van der Waals surface area contributed by atoms with E-state index >= 15 is 0 Å². The lowest BCUT2D eigenvalue weighted by molar-refractivity contribution is -0.132. The van der Waals surface area contributed by atoms with E-state index in [0.29, 0.717) is 18.4 Å². The van der Waals surface area contributed by atoms with E-state index in [1.165, 1.54) is 12.0 Å². The minimum Gasteiger partial charge on any atom is -0.489 e. The maximum absolute atomic E-state index is 12.8. The molecule has 4 rings (SSSR count). The van der Waals surface area contributed by atoms with Crippen LogP contribution in [0, 0.1) is 12.3 Å². The third-order valence-corrected chi connectivity index (χ3v) is 6.25. The third kappa shape index (κ3) is 4.56. The monoisotopic (exact) mass is 378 g/mol. The van der Waals surface area contributed by atoms with Gasteiger partial charge in [0, 0.05) is 19.6 Å². The summed E-state index contributed by atoms with van der Waals surface area (Å²) in [5.74, 6) is 1.05. The number of ether oxygens (including phenoxy) is 1. The van der Waals surface area contributed by atoms with Crippen LogP contribution in [0.15, 0.2) is 48.5 Å². The molecule has 0 unspecified atom stereocenters. The quantitative estimate of drug-likeness (QED) is 0.862. The zero-order valence-electron chi connectivity index (χ0n) is 16.7. The zero-order chi connectivity index (χ0) is 19.4. The van der Waals surface area contributed by atoms with Crippen LogP contribution in [0.1, 0.15) is 36.0 Å². The maximum atomic E-state index is 12.8. The predicted molar refractivity (Wildman–Crippen MR) is 111 cm³/mol. The summed E-state index contributed by atoms with van der Waals surface area (Å²) in [4.78, 5) is 14.8. The lowest BCUT2D eigenvalue weighted by Crippen LogP contribution is -2.44. The van der Waals surface area contributed by atoms with E-state index < -0.39 is 0 Å². The van der Waals surface area contributed by atoms with Crippen LogP contribution in [-0.2, 0) is 17.8 Å². The van der Waals surface area contributed by atoms with Crippen LogP contribution in [0.2, 0.25) is 0 Å². The number of carbonyl (C=O) groups excluding carboxylic acids is 1. The molecule has 1 spiro atoms. The van der Waals surface area contributed by atoms with Crippen molar-refractivity contribution in [1.82, 2.24) is 10.2 Å². The number of amides is 1. The van der Waals surface area contributed by atoms with Gasteiger partial charge in [-0.15, -0.1) is 0 Å². The number of hydrogen-bond acceptors (Lipinski definition) is 3. The summed E-state index contributed by atoms with van der Waals surface area (Å²) < 4.78 is 5.95. The highest BCUT2D eigenvalue weighted by Gasteiger charge is 2.37. The molecule has 2 saturated heterocycles. The summed E-state index contributed by atoms with van der Waals surface area (Å²) >= 11 is 0. The molecule has 148 valence electrons. The Kier molecular flexibility index (Phi) is 5.67. The van der Waals surface area contributed by atoms with E-state index in [1.54, 1.807) is 0 Å². The molecule has 2 aromatic rings. The number of benzene rings is 2. The van der Waals surface area contributed by atoms with Gasteiger partial charge in [0.2, 0.25) is 5.91 Å². The van der Waals surface area contributed by atoms with Crippen LogP contribution >= 0.6 is 0 Å². The lowest BCUT2D eigenvalue weighted by Gasteiger charge is -2.39. The number of likely N-dealkylation sites (tertiary alicyclic amines) is 1. The molecule has 0 aromatic heterocycles. The Balaban J connectivity index is 1.31. The van der Waals surface area contributed by atoms with E-state index in [0.717, 1.165) is 55.9 Å². The molecule has 0 saturated carbocycles. The zero-order valence-corrected chi connectivity index (χ0v) is 16.7. The average molecular weight is 379 g/mol. The van der Waals surface area contributed by atoms with Crippen LogP contribution in [-0.4, -0.2) is 37.0 Å². The van der Waals surface area contributed by atoms with Gasteiger partial charge in [0.1, 0.15) is 12.4 Å². The van der Waals surface area contributed by atoms with Gasteiger partial charge in [0.15, 0.2) is 0 Å². The average Bonchev–Trinajstić information content (AvgIpc) is 3.15. The van der Waals surface area contributed by atoms with Crippen LogP contribution in [0.5, 0.6) is 5.75 Å². The Morgan fingerprint density at radius 2 is 1.86 bits per heavy atom. The second kappa shape index (κ2) is 8.36. The fraction of sp³-hybridized carbons (Fsp3) is 0.458. The van der Waals surface area contributed by atoms with Gasteiger partial charge >= 0.3 is 0 Å². The Hall–Kier alpha value is -2.33. The first-order valence-corrected chi connectivity index (χ1v) is 10.4. The van der Waals surface area contributed by atoms with Gasteiger partial charge in [-0.25, -0.2) is 0 Å². The van der Waals surface area contributed by atoms with Crippen molar-refractivity contribution in [2.75, 3.05) is 26.2 Å². The lowest BCUT2D eigenvalue weighted by atomic mass is 9.78.